The van der Waals surface area contributed by atoms with Crippen molar-refractivity contribution in [3.63, 3.8) is 0 Å². The van der Waals surface area contributed by atoms with Gasteiger partial charge in [0.2, 0.25) is 0 Å². The molecule has 0 aliphatic heterocycles. The van der Waals surface area contributed by atoms with Gasteiger partial charge in [-0.2, -0.15) is 0 Å². The van der Waals surface area contributed by atoms with Crippen LogP contribution in [0.1, 0.15) is 6.92 Å². The quantitative estimate of drug-likeness (QED) is 0.630. The SMILES string of the molecule is CCNC(=S)Nc1cccc(O)c1. The number of rotatable bonds is 2. The van der Waals surface area contributed by atoms with Crippen LogP contribution < -0.4 is 10.6 Å². The molecule has 1 aromatic rings. The second-order valence-corrected chi connectivity index (χ2v) is 2.94. The first-order valence-corrected chi connectivity index (χ1v) is 4.47. The van der Waals surface area contributed by atoms with Gasteiger partial charge in [-0.25, -0.2) is 0 Å². The summed E-state index contributed by atoms with van der Waals surface area (Å²) in [6, 6.07) is 6.82. The summed E-state index contributed by atoms with van der Waals surface area (Å²) in [4.78, 5) is 0. The normalized spacial score (nSPS) is 9.31. The Morgan fingerprint density at radius 3 is 2.92 bits per heavy atom. The zero-order valence-electron chi connectivity index (χ0n) is 7.37. The molecule has 0 bridgehead atoms. The Morgan fingerprint density at radius 2 is 2.31 bits per heavy atom. The van der Waals surface area contributed by atoms with E-state index in [-0.39, 0.29) is 5.75 Å². The van der Waals surface area contributed by atoms with Gasteiger partial charge in [0, 0.05) is 18.3 Å². The Bertz CT molecular complexity index is 301. The van der Waals surface area contributed by atoms with Crippen molar-refractivity contribution >= 4 is 23.0 Å². The minimum Gasteiger partial charge on any atom is -0.508 e. The third-order valence-corrected chi connectivity index (χ3v) is 1.69. The molecule has 70 valence electrons. The summed E-state index contributed by atoms with van der Waals surface area (Å²) in [5.41, 5.74) is 0.783. The lowest BCUT2D eigenvalue weighted by atomic mass is 10.3. The van der Waals surface area contributed by atoms with Crippen LogP contribution in [0.4, 0.5) is 5.69 Å². The van der Waals surface area contributed by atoms with Crippen LogP contribution in [0.5, 0.6) is 5.75 Å². The molecule has 4 heteroatoms. The predicted octanol–water partition coefficient (Wildman–Crippen LogP) is 1.70. The van der Waals surface area contributed by atoms with Crippen LogP contribution in [-0.2, 0) is 0 Å². The molecule has 0 aliphatic rings. The predicted molar refractivity (Wildman–Crippen MR) is 58.0 cm³/mol. The van der Waals surface area contributed by atoms with E-state index in [9.17, 15) is 0 Å². The van der Waals surface area contributed by atoms with Crippen molar-refractivity contribution in [1.82, 2.24) is 5.32 Å². The lowest BCUT2D eigenvalue weighted by Gasteiger charge is -2.08. The minimum atomic E-state index is 0.226. The van der Waals surface area contributed by atoms with E-state index in [4.69, 9.17) is 17.3 Å². The van der Waals surface area contributed by atoms with Crippen molar-refractivity contribution in [2.45, 2.75) is 6.92 Å². The molecule has 0 spiro atoms. The highest BCUT2D eigenvalue weighted by atomic mass is 32.1. The molecule has 0 saturated carbocycles. The van der Waals surface area contributed by atoms with E-state index >= 15 is 0 Å². The van der Waals surface area contributed by atoms with Crippen molar-refractivity contribution in [3.8, 4) is 5.75 Å². The first-order valence-electron chi connectivity index (χ1n) is 4.06. The lowest BCUT2D eigenvalue weighted by molar-refractivity contribution is 0.475. The zero-order chi connectivity index (χ0) is 9.68. The van der Waals surface area contributed by atoms with Crippen LogP contribution in [0.2, 0.25) is 0 Å². The van der Waals surface area contributed by atoms with Crippen LogP contribution in [0.15, 0.2) is 24.3 Å². The average molecular weight is 196 g/mol. The van der Waals surface area contributed by atoms with Crippen LogP contribution in [-0.4, -0.2) is 16.8 Å². The highest BCUT2D eigenvalue weighted by Crippen LogP contribution is 2.14. The fourth-order valence-corrected chi connectivity index (χ4v) is 1.18. The molecule has 0 atom stereocenters. The number of hydrogen-bond acceptors (Lipinski definition) is 2. The highest BCUT2D eigenvalue weighted by Gasteiger charge is 1.95. The van der Waals surface area contributed by atoms with Crippen LogP contribution >= 0.6 is 12.2 Å². The maximum Gasteiger partial charge on any atom is 0.170 e. The van der Waals surface area contributed by atoms with E-state index in [2.05, 4.69) is 10.6 Å². The van der Waals surface area contributed by atoms with Gasteiger partial charge in [-0.05, 0) is 31.3 Å². The second kappa shape index (κ2) is 4.67. The Morgan fingerprint density at radius 1 is 1.54 bits per heavy atom. The van der Waals surface area contributed by atoms with Gasteiger partial charge >= 0.3 is 0 Å². The van der Waals surface area contributed by atoms with E-state index in [0.717, 1.165) is 12.2 Å². The van der Waals surface area contributed by atoms with Crippen LogP contribution in [0, 0.1) is 0 Å². The summed E-state index contributed by atoms with van der Waals surface area (Å²) >= 11 is 4.97. The topological polar surface area (TPSA) is 44.3 Å². The minimum absolute atomic E-state index is 0.226. The van der Waals surface area contributed by atoms with Gasteiger partial charge in [0.15, 0.2) is 5.11 Å². The molecule has 0 unspecified atom stereocenters. The summed E-state index contributed by atoms with van der Waals surface area (Å²) in [7, 11) is 0. The Labute approximate surface area is 82.8 Å². The fourth-order valence-electron chi connectivity index (χ4n) is 0.920. The van der Waals surface area contributed by atoms with Crippen molar-refractivity contribution in [2.24, 2.45) is 0 Å². The fraction of sp³-hybridized carbons (Fsp3) is 0.222. The van der Waals surface area contributed by atoms with Gasteiger partial charge in [0.1, 0.15) is 5.75 Å². The molecule has 1 aromatic carbocycles. The molecular formula is C9H12N2OS. The Hall–Kier alpha value is -1.29. The van der Waals surface area contributed by atoms with E-state index in [0.29, 0.717) is 5.11 Å². The molecule has 0 saturated heterocycles. The van der Waals surface area contributed by atoms with Crippen molar-refractivity contribution in [3.05, 3.63) is 24.3 Å². The van der Waals surface area contributed by atoms with Crippen LogP contribution in [0.3, 0.4) is 0 Å². The molecule has 3 nitrogen and oxygen atoms in total. The Kier molecular flexibility index (Phi) is 3.52. The molecule has 0 aliphatic carbocycles. The third-order valence-electron chi connectivity index (χ3n) is 1.44. The number of anilines is 1. The number of aromatic hydroxyl groups is 1. The van der Waals surface area contributed by atoms with Gasteiger partial charge in [-0.15, -0.1) is 0 Å². The summed E-state index contributed by atoms with van der Waals surface area (Å²) in [5.74, 6) is 0.226. The smallest absolute Gasteiger partial charge is 0.170 e. The molecule has 13 heavy (non-hydrogen) atoms. The largest absolute Gasteiger partial charge is 0.508 e. The molecule has 0 fully saturated rings. The number of hydrogen-bond donors (Lipinski definition) is 3. The van der Waals surface area contributed by atoms with Crippen molar-refractivity contribution in [2.75, 3.05) is 11.9 Å². The maximum atomic E-state index is 9.15. The monoisotopic (exact) mass is 196 g/mol. The maximum absolute atomic E-state index is 9.15. The summed E-state index contributed by atoms with van der Waals surface area (Å²) in [6.45, 7) is 2.75. The molecular weight excluding hydrogens is 184 g/mol. The van der Waals surface area contributed by atoms with Crippen LogP contribution in [0.25, 0.3) is 0 Å². The first-order chi connectivity index (χ1) is 6.22. The van der Waals surface area contributed by atoms with Crippen molar-refractivity contribution < 1.29 is 5.11 Å². The Balaban J connectivity index is 2.58. The van der Waals surface area contributed by atoms with Gasteiger partial charge in [0.05, 0.1) is 0 Å². The van der Waals surface area contributed by atoms with E-state index in [1.165, 1.54) is 0 Å². The number of thiocarbonyl (C=S) groups is 1. The summed E-state index contributed by atoms with van der Waals surface area (Å²) in [5, 5.41) is 15.6. The molecule has 0 heterocycles. The zero-order valence-corrected chi connectivity index (χ0v) is 8.19. The van der Waals surface area contributed by atoms with E-state index in [1.807, 2.05) is 13.0 Å². The van der Waals surface area contributed by atoms with E-state index < -0.39 is 0 Å². The number of benzene rings is 1. The third kappa shape index (κ3) is 3.29. The summed E-state index contributed by atoms with van der Waals surface area (Å²) < 4.78 is 0. The first kappa shape index (κ1) is 9.80. The number of nitrogens with one attached hydrogen (secondary N) is 2. The van der Waals surface area contributed by atoms with Gasteiger partial charge in [-0.1, -0.05) is 6.07 Å². The standard InChI is InChI=1S/C9H12N2OS/c1-2-10-9(13)11-7-4-3-5-8(12)6-7/h3-6,12H,2H2,1H3,(H2,10,11,13). The molecule has 1 rings (SSSR count). The van der Waals surface area contributed by atoms with E-state index in [1.54, 1.807) is 18.2 Å². The molecule has 0 radical (unpaired) electrons. The molecule has 3 N–H and O–H groups in total. The highest BCUT2D eigenvalue weighted by molar-refractivity contribution is 7.80. The molecule has 0 aromatic heterocycles. The lowest BCUT2D eigenvalue weighted by Crippen LogP contribution is -2.27. The second-order valence-electron chi connectivity index (χ2n) is 2.53. The summed E-state index contributed by atoms with van der Waals surface area (Å²) in [6.07, 6.45) is 0. The van der Waals surface area contributed by atoms with Gasteiger partial charge in [-0.3, -0.25) is 0 Å². The molecule has 0 amide bonds. The van der Waals surface area contributed by atoms with Gasteiger partial charge in [0.25, 0.3) is 0 Å². The number of phenols is 1. The van der Waals surface area contributed by atoms with Gasteiger partial charge < -0.3 is 15.7 Å². The number of phenolic OH excluding ortho intramolecular Hbond substituents is 1. The average Bonchev–Trinajstić information content (AvgIpc) is 2.04. The van der Waals surface area contributed by atoms with Crippen molar-refractivity contribution in [1.29, 1.82) is 0 Å².